The highest BCUT2D eigenvalue weighted by atomic mass is 32.2. The van der Waals surface area contributed by atoms with Gasteiger partial charge >= 0.3 is 5.97 Å². The van der Waals surface area contributed by atoms with Crippen LogP contribution in [0.25, 0.3) is 0 Å². The summed E-state index contributed by atoms with van der Waals surface area (Å²) in [6, 6.07) is 0.363. The van der Waals surface area contributed by atoms with Crippen molar-refractivity contribution in [3.8, 4) is 0 Å². The molecule has 0 bridgehead atoms. The normalized spacial score (nSPS) is 14.8. The van der Waals surface area contributed by atoms with E-state index in [0.717, 1.165) is 25.0 Å². The number of aromatic nitrogens is 3. The van der Waals surface area contributed by atoms with Crippen LogP contribution >= 0.6 is 11.8 Å². The number of anilines is 1. The van der Waals surface area contributed by atoms with Gasteiger partial charge in [-0.15, -0.1) is 10.2 Å². The molecule has 0 saturated heterocycles. The van der Waals surface area contributed by atoms with E-state index in [1.54, 1.807) is 0 Å². The van der Waals surface area contributed by atoms with E-state index in [0.29, 0.717) is 11.2 Å². The van der Waals surface area contributed by atoms with Crippen LogP contribution < -0.4 is 4.90 Å². The highest BCUT2D eigenvalue weighted by Crippen LogP contribution is 2.32. The number of hydrogen-bond donors (Lipinski definition) is 1. The van der Waals surface area contributed by atoms with Crippen molar-refractivity contribution in [3.63, 3.8) is 0 Å². The molecule has 0 atom stereocenters. The van der Waals surface area contributed by atoms with Crippen molar-refractivity contribution in [2.45, 2.75) is 51.4 Å². The SMILES string of the molecule is CCn1c(SCC(=O)O)nnc1N(CC1CC1)C(C)C. The Kier molecular flexibility index (Phi) is 4.91. The molecule has 0 amide bonds. The fraction of sp³-hybridized carbons (Fsp3) is 0.769. The van der Waals surface area contributed by atoms with E-state index in [-0.39, 0.29) is 5.75 Å². The molecule has 0 radical (unpaired) electrons. The summed E-state index contributed by atoms with van der Waals surface area (Å²) in [7, 11) is 0. The van der Waals surface area contributed by atoms with Crippen LogP contribution in [0.5, 0.6) is 0 Å². The summed E-state index contributed by atoms with van der Waals surface area (Å²) in [6.45, 7) is 8.10. The van der Waals surface area contributed by atoms with Gasteiger partial charge in [0.25, 0.3) is 0 Å². The van der Waals surface area contributed by atoms with E-state index in [1.807, 2.05) is 11.5 Å². The van der Waals surface area contributed by atoms with Crippen LogP contribution in [-0.4, -0.2) is 44.2 Å². The third kappa shape index (κ3) is 3.65. The lowest BCUT2D eigenvalue weighted by Gasteiger charge is -2.27. The fourth-order valence-electron chi connectivity index (χ4n) is 2.11. The zero-order valence-corrected chi connectivity index (χ0v) is 13.1. The summed E-state index contributed by atoms with van der Waals surface area (Å²) < 4.78 is 2.01. The first kappa shape index (κ1) is 15.2. The lowest BCUT2D eigenvalue weighted by atomic mass is 10.3. The number of thioether (sulfide) groups is 1. The maximum Gasteiger partial charge on any atom is 0.313 e. The molecule has 1 aromatic heterocycles. The third-order valence-corrected chi connectivity index (χ3v) is 4.32. The Labute approximate surface area is 123 Å². The summed E-state index contributed by atoms with van der Waals surface area (Å²) in [5.41, 5.74) is 0. The van der Waals surface area contributed by atoms with Gasteiger partial charge in [0.05, 0.1) is 5.75 Å². The van der Waals surface area contributed by atoms with Crippen LogP contribution in [0.2, 0.25) is 0 Å². The number of carboxylic acid groups (broad SMARTS) is 1. The van der Waals surface area contributed by atoms with Gasteiger partial charge in [0.15, 0.2) is 5.16 Å². The Balaban J connectivity index is 2.17. The van der Waals surface area contributed by atoms with Gasteiger partial charge < -0.3 is 10.0 Å². The van der Waals surface area contributed by atoms with Gasteiger partial charge in [0.1, 0.15) is 0 Å². The minimum Gasteiger partial charge on any atom is -0.481 e. The lowest BCUT2D eigenvalue weighted by molar-refractivity contribution is -0.133. The summed E-state index contributed by atoms with van der Waals surface area (Å²) in [5.74, 6) is 0.820. The van der Waals surface area contributed by atoms with E-state index >= 15 is 0 Å². The van der Waals surface area contributed by atoms with Gasteiger partial charge in [-0.1, -0.05) is 11.8 Å². The second kappa shape index (κ2) is 6.47. The molecule has 1 heterocycles. The first-order valence-electron chi connectivity index (χ1n) is 7.07. The number of hydrogen-bond acceptors (Lipinski definition) is 5. The summed E-state index contributed by atoms with van der Waals surface area (Å²) in [6.07, 6.45) is 2.59. The molecule has 6 nitrogen and oxygen atoms in total. The highest BCUT2D eigenvalue weighted by molar-refractivity contribution is 7.99. The second-order valence-electron chi connectivity index (χ2n) is 5.40. The van der Waals surface area contributed by atoms with Crippen LogP contribution in [0, 0.1) is 5.92 Å². The summed E-state index contributed by atoms with van der Waals surface area (Å²) in [4.78, 5) is 13.0. The molecule has 112 valence electrons. The molecule has 1 aliphatic rings. The topological polar surface area (TPSA) is 71.2 Å². The minimum absolute atomic E-state index is 0.0163. The number of carboxylic acids is 1. The van der Waals surface area contributed by atoms with Crippen LogP contribution in [0.3, 0.4) is 0 Å². The molecule has 7 heteroatoms. The van der Waals surface area contributed by atoms with Gasteiger partial charge in [0.2, 0.25) is 5.95 Å². The Morgan fingerprint density at radius 3 is 2.70 bits per heavy atom. The average molecular weight is 298 g/mol. The van der Waals surface area contributed by atoms with E-state index in [2.05, 4.69) is 28.9 Å². The van der Waals surface area contributed by atoms with Gasteiger partial charge in [-0.05, 0) is 39.5 Å². The van der Waals surface area contributed by atoms with E-state index < -0.39 is 5.97 Å². The molecule has 1 aliphatic carbocycles. The smallest absolute Gasteiger partial charge is 0.313 e. The zero-order chi connectivity index (χ0) is 14.7. The number of nitrogens with zero attached hydrogens (tertiary/aromatic N) is 4. The van der Waals surface area contributed by atoms with Gasteiger partial charge in [-0.3, -0.25) is 9.36 Å². The molecule has 2 rings (SSSR count). The number of carbonyl (C=O) groups is 1. The van der Waals surface area contributed by atoms with Crippen molar-refractivity contribution in [2.75, 3.05) is 17.2 Å². The monoisotopic (exact) mass is 298 g/mol. The molecule has 0 spiro atoms. The van der Waals surface area contributed by atoms with Gasteiger partial charge in [-0.25, -0.2) is 0 Å². The molecule has 20 heavy (non-hydrogen) atoms. The van der Waals surface area contributed by atoms with Crippen molar-refractivity contribution >= 4 is 23.7 Å². The van der Waals surface area contributed by atoms with Crippen LogP contribution in [0.15, 0.2) is 5.16 Å². The molecule has 0 aliphatic heterocycles. The third-order valence-electron chi connectivity index (χ3n) is 3.37. The zero-order valence-electron chi connectivity index (χ0n) is 12.2. The van der Waals surface area contributed by atoms with Crippen molar-refractivity contribution in [2.24, 2.45) is 5.92 Å². The Bertz CT molecular complexity index is 471. The summed E-state index contributed by atoms with van der Waals surface area (Å²) >= 11 is 1.23. The van der Waals surface area contributed by atoms with Crippen LogP contribution in [0.4, 0.5) is 5.95 Å². The van der Waals surface area contributed by atoms with Crippen LogP contribution in [-0.2, 0) is 11.3 Å². The van der Waals surface area contributed by atoms with Crippen molar-refractivity contribution < 1.29 is 9.90 Å². The maximum absolute atomic E-state index is 10.7. The highest BCUT2D eigenvalue weighted by Gasteiger charge is 2.28. The minimum atomic E-state index is -0.833. The van der Waals surface area contributed by atoms with Crippen LogP contribution in [0.1, 0.15) is 33.6 Å². The molecule has 0 unspecified atom stereocenters. The predicted molar refractivity (Wildman–Crippen MR) is 79.3 cm³/mol. The average Bonchev–Trinajstić information content (AvgIpc) is 3.12. The van der Waals surface area contributed by atoms with E-state index in [9.17, 15) is 4.79 Å². The maximum atomic E-state index is 10.7. The first-order chi connectivity index (χ1) is 9.52. The number of rotatable bonds is 8. The largest absolute Gasteiger partial charge is 0.481 e. The van der Waals surface area contributed by atoms with Crippen molar-refractivity contribution in [1.82, 2.24) is 14.8 Å². The molecule has 1 saturated carbocycles. The molecule has 0 aromatic carbocycles. The molecule has 1 N–H and O–H groups in total. The summed E-state index contributed by atoms with van der Waals surface area (Å²) in [5, 5.41) is 17.9. The predicted octanol–water partition coefficient (Wildman–Crippen LogP) is 2.10. The molecular formula is C13H22N4O2S. The molecule has 1 aromatic rings. The molecular weight excluding hydrogens is 276 g/mol. The van der Waals surface area contributed by atoms with Crippen molar-refractivity contribution in [1.29, 1.82) is 0 Å². The number of aliphatic carboxylic acids is 1. The Morgan fingerprint density at radius 1 is 1.50 bits per heavy atom. The standard InChI is InChI=1S/C13H22N4O2S/c1-4-16-12(14-15-13(16)20-8-11(18)19)17(9(2)3)7-10-5-6-10/h9-10H,4-8H2,1-3H3,(H,18,19). The van der Waals surface area contributed by atoms with Gasteiger partial charge in [-0.2, -0.15) is 0 Å². The second-order valence-corrected chi connectivity index (χ2v) is 6.34. The fourth-order valence-corrected chi connectivity index (χ4v) is 2.82. The van der Waals surface area contributed by atoms with Gasteiger partial charge in [0, 0.05) is 19.1 Å². The first-order valence-corrected chi connectivity index (χ1v) is 8.05. The van der Waals surface area contributed by atoms with E-state index in [4.69, 9.17) is 5.11 Å². The Morgan fingerprint density at radius 2 is 2.20 bits per heavy atom. The Hall–Kier alpha value is -1.24. The lowest BCUT2D eigenvalue weighted by Crippen LogP contribution is -2.35. The van der Waals surface area contributed by atoms with Crippen molar-refractivity contribution in [3.05, 3.63) is 0 Å². The quantitative estimate of drug-likeness (QED) is 0.741. The molecule has 1 fully saturated rings. The van der Waals surface area contributed by atoms with E-state index in [1.165, 1.54) is 24.6 Å².